The fourth-order valence-electron chi connectivity index (χ4n) is 5.68. The number of rotatable bonds is 5. The lowest BCUT2D eigenvalue weighted by atomic mass is 9.72. The van der Waals surface area contributed by atoms with Gasteiger partial charge in [-0.15, -0.1) is 0 Å². The van der Waals surface area contributed by atoms with E-state index in [9.17, 15) is 34.8 Å². The molecule has 11 heteroatoms. The fraction of sp³-hybridized carbons (Fsp3) is 0.444. The molecule has 0 unspecified atom stereocenters. The molecule has 1 heterocycles. The Kier molecular flexibility index (Phi) is 6.62. The number of ether oxygens (including phenoxy) is 3. The quantitative estimate of drug-likeness (QED) is 0.307. The minimum atomic E-state index is -2.07. The van der Waals surface area contributed by atoms with Crippen LogP contribution in [-0.2, 0) is 20.7 Å². The average molecular weight is 528 g/mol. The number of carbonyl (C=O) groups excluding carboxylic acids is 3. The molecule has 1 aliphatic heterocycles. The zero-order chi connectivity index (χ0) is 27.5. The molecule has 0 amide bonds. The van der Waals surface area contributed by atoms with Gasteiger partial charge in [0.05, 0.1) is 36.5 Å². The second-order valence-electron chi connectivity index (χ2n) is 10.0. The number of benzene rings is 2. The van der Waals surface area contributed by atoms with Gasteiger partial charge in [0, 0.05) is 42.0 Å². The summed E-state index contributed by atoms with van der Waals surface area (Å²) in [7, 11) is 1.37. The van der Waals surface area contributed by atoms with Crippen molar-refractivity contribution in [1.29, 1.82) is 0 Å². The van der Waals surface area contributed by atoms with Crippen LogP contribution in [0.15, 0.2) is 24.3 Å². The molecular weight excluding hydrogens is 498 g/mol. The molecule has 0 bridgehead atoms. The maximum Gasteiger partial charge on any atom is 0.201 e. The molecule has 38 heavy (non-hydrogen) atoms. The third-order valence-corrected chi connectivity index (χ3v) is 7.67. The maximum atomic E-state index is 13.6. The summed E-state index contributed by atoms with van der Waals surface area (Å²) in [5.41, 5.74) is 4.08. The van der Waals surface area contributed by atoms with Gasteiger partial charge in [-0.2, -0.15) is 0 Å². The summed E-state index contributed by atoms with van der Waals surface area (Å²) < 4.78 is 17.1. The van der Waals surface area contributed by atoms with Crippen LogP contribution < -0.4 is 10.5 Å². The summed E-state index contributed by atoms with van der Waals surface area (Å²) in [5, 5.41) is 42.3. The van der Waals surface area contributed by atoms with E-state index >= 15 is 0 Å². The highest BCUT2D eigenvalue weighted by Crippen LogP contribution is 2.48. The number of phenolic OH excluding ortho intramolecular Hbond substituents is 1. The lowest BCUT2D eigenvalue weighted by Gasteiger charge is -2.42. The van der Waals surface area contributed by atoms with E-state index < -0.39 is 66.0 Å². The summed E-state index contributed by atoms with van der Waals surface area (Å²) in [6.07, 6.45) is -4.36. The molecule has 2 aromatic carbocycles. The lowest BCUT2D eigenvalue weighted by Crippen LogP contribution is -2.53. The lowest BCUT2D eigenvalue weighted by molar-refractivity contribution is -0.247. The molecule has 0 radical (unpaired) electrons. The number of Topliss-reactive ketones (excluding diaryl/α,β-unsaturated/α-hetero) is 1. The normalized spacial score (nSPS) is 30.3. The van der Waals surface area contributed by atoms with Crippen LogP contribution in [0.25, 0.3) is 0 Å². The molecule has 202 valence electrons. The van der Waals surface area contributed by atoms with Gasteiger partial charge in [-0.1, -0.05) is 12.1 Å². The van der Waals surface area contributed by atoms with Crippen molar-refractivity contribution in [2.45, 2.75) is 62.4 Å². The monoisotopic (exact) mass is 527 g/mol. The van der Waals surface area contributed by atoms with Gasteiger partial charge >= 0.3 is 0 Å². The first-order valence-electron chi connectivity index (χ1n) is 12.3. The van der Waals surface area contributed by atoms with Crippen LogP contribution in [0.4, 0.5) is 0 Å². The van der Waals surface area contributed by atoms with Gasteiger partial charge in [-0.05, 0) is 24.6 Å². The molecule has 11 nitrogen and oxygen atoms in total. The Hall–Kier alpha value is -3.19. The Morgan fingerprint density at radius 1 is 1.21 bits per heavy atom. The number of carbonyl (C=O) groups is 3. The van der Waals surface area contributed by atoms with E-state index in [1.54, 1.807) is 13.0 Å². The number of aliphatic hydroxyl groups excluding tert-OH is 2. The summed E-state index contributed by atoms with van der Waals surface area (Å²) in [4.78, 5) is 39.6. The van der Waals surface area contributed by atoms with Crippen LogP contribution in [0.5, 0.6) is 11.5 Å². The van der Waals surface area contributed by atoms with E-state index in [2.05, 4.69) is 0 Å². The van der Waals surface area contributed by atoms with Crippen molar-refractivity contribution in [1.82, 2.24) is 0 Å². The Bertz CT molecular complexity index is 1330. The van der Waals surface area contributed by atoms with Crippen LogP contribution >= 0.6 is 0 Å². The van der Waals surface area contributed by atoms with Crippen molar-refractivity contribution in [2.75, 3.05) is 13.7 Å². The smallest absolute Gasteiger partial charge is 0.201 e. The van der Waals surface area contributed by atoms with Gasteiger partial charge in [0.2, 0.25) is 5.78 Å². The molecule has 0 saturated carbocycles. The third kappa shape index (κ3) is 4.03. The molecule has 2 aromatic rings. The number of aromatic hydroxyl groups is 1. The van der Waals surface area contributed by atoms with Crippen molar-refractivity contribution >= 4 is 17.3 Å². The Balaban J connectivity index is 1.64. The number of hydrogen-bond acceptors (Lipinski definition) is 11. The molecular formula is C27H29NO10. The third-order valence-electron chi connectivity index (χ3n) is 7.67. The predicted molar refractivity (Wildman–Crippen MR) is 130 cm³/mol. The number of aliphatic hydroxyl groups is 3. The molecule has 1 fully saturated rings. The molecule has 6 N–H and O–H groups in total. The number of fused-ring (bicyclic) bond motifs is 3. The minimum Gasteiger partial charge on any atom is -0.507 e. The van der Waals surface area contributed by atoms with E-state index in [-0.39, 0.29) is 58.4 Å². The van der Waals surface area contributed by atoms with Gasteiger partial charge in [-0.3, -0.25) is 14.4 Å². The Labute approximate surface area is 217 Å². The maximum absolute atomic E-state index is 13.6. The zero-order valence-electron chi connectivity index (χ0n) is 20.8. The van der Waals surface area contributed by atoms with Crippen molar-refractivity contribution in [2.24, 2.45) is 5.73 Å². The van der Waals surface area contributed by atoms with Gasteiger partial charge in [0.25, 0.3) is 0 Å². The Morgan fingerprint density at radius 2 is 1.95 bits per heavy atom. The van der Waals surface area contributed by atoms with Crippen molar-refractivity contribution < 1.29 is 49.0 Å². The minimum absolute atomic E-state index is 0.0207. The summed E-state index contributed by atoms with van der Waals surface area (Å²) >= 11 is 0. The molecule has 0 aromatic heterocycles. The molecule has 0 spiro atoms. The van der Waals surface area contributed by atoms with Crippen molar-refractivity contribution in [3.8, 4) is 11.5 Å². The molecule has 6 atom stereocenters. The molecule has 2 aliphatic carbocycles. The van der Waals surface area contributed by atoms with Crippen LogP contribution in [0, 0.1) is 0 Å². The summed E-state index contributed by atoms with van der Waals surface area (Å²) in [6.45, 7) is 0.678. The molecule has 1 saturated heterocycles. The summed E-state index contributed by atoms with van der Waals surface area (Å²) in [6, 6.07) is 5.29. The van der Waals surface area contributed by atoms with Gasteiger partial charge < -0.3 is 40.4 Å². The first-order valence-corrected chi connectivity index (χ1v) is 12.3. The van der Waals surface area contributed by atoms with Crippen LogP contribution in [0.2, 0.25) is 0 Å². The van der Waals surface area contributed by atoms with E-state index in [0.717, 1.165) is 0 Å². The highest BCUT2D eigenvalue weighted by Gasteiger charge is 2.48. The average Bonchev–Trinajstić information content (AvgIpc) is 2.88. The number of phenols is 1. The number of ketones is 3. The fourth-order valence-corrected chi connectivity index (χ4v) is 5.68. The van der Waals surface area contributed by atoms with Crippen molar-refractivity contribution in [3.63, 3.8) is 0 Å². The highest BCUT2D eigenvalue weighted by atomic mass is 16.7. The molecule has 5 rings (SSSR count). The number of nitrogens with two attached hydrogens (primary N) is 1. The van der Waals surface area contributed by atoms with E-state index in [4.69, 9.17) is 19.9 Å². The largest absolute Gasteiger partial charge is 0.507 e. The van der Waals surface area contributed by atoms with E-state index in [1.165, 1.54) is 25.3 Å². The van der Waals surface area contributed by atoms with Crippen LogP contribution in [0.3, 0.4) is 0 Å². The summed E-state index contributed by atoms with van der Waals surface area (Å²) in [5.74, 6) is -2.35. The number of methoxy groups -OCH3 is 1. The second kappa shape index (κ2) is 9.53. The van der Waals surface area contributed by atoms with Crippen LogP contribution in [0.1, 0.15) is 68.8 Å². The standard InChI is InChI=1S/C27H29NO10/c1-11-23(31)15(28)7-19(37-11)38-17-9-27(35,18(30)10-29)8-12-6-14-22(25(33)20(12)17)26(34)21-13(24(14)32)4-3-5-16(21)36-2/h3-6,11,15,17,19,23,29,31,33,35H,7-10,28H2,1-2H3/t11-,15-,17-,19-,23+,27-/m1/s1. The van der Waals surface area contributed by atoms with Gasteiger partial charge in [0.1, 0.15) is 23.7 Å². The second-order valence-corrected chi connectivity index (χ2v) is 10.0. The SMILES string of the molecule is COc1cccc2c1C(=O)c1c(cc3c(c1O)[C@H](O[C@@H]1C[C@@H](N)[C@@H](O)[C@@H](C)O1)C[C@@](O)(C(=O)CO)C3)C2=O. The topological polar surface area (TPSA) is 186 Å². The first kappa shape index (κ1) is 26.4. The van der Waals surface area contributed by atoms with Crippen LogP contribution in [-0.4, -0.2) is 81.6 Å². The van der Waals surface area contributed by atoms with Gasteiger partial charge in [0.15, 0.2) is 17.9 Å². The highest BCUT2D eigenvalue weighted by molar-refractivity contribution is 6.30. The van der Waals surface area contributed by atoms with Gasteiger partial charge in [-0.25, -0.2) is 0 Å². The predicted octanol–water partition coefficient (Wildman–Crippen LogP) is 0.296. The zero-order valence-corrected chi connectivity index (χ0v) is 20.8. The van der Waals surface area contributed by atoms with E-state index in [1.807, 2.05) is 0 Å². The molecule has 3 aliphatic rings. The van der Waals surface area contributed by atoms with Crippen molar-refractivity contribution in [3.05, 3.63) is 57.6 Å². The Morgan fingerprint density at radius 3 is 2.61 bits per heavy atom. The number of hydrogen-bond donors (Lipinski definition) is 5. The first-order chi connectivity index (χ1) is 18.0. The van der Waals surface area contributed by atoms with E-state index in [0.29, 0.717) is 0 Å².